The fourth-order valence-corrected chi connectivity index (χ4v) is 4.54. The van der Waals surface area contributed by atoms with Crippen molar-refractivity contribution >= 4 is 17.7 Å². The molecule has 2 heterocycles. The highest BCUT2D eigenvalue weighted by atomic mass is 16.5. The summed E-state index contributed by atoms with van der Waals surface area (Å²) in [4.78, 5) is 43.4. The molecule has 0 aromatic heterocycles. The zero-order valence-electron chi connectivity index (χ0n) is 19.2. The molecule has 174 valence electrons. The summed E-state index contributed by atoms with van der Waals surface area (Å²) in [5.74, 6) is 0.625. The molecule has 2 aliphatic rings. The van der Waals surface area contributed by atoms with Crippen LogP contribution in [0.2, 0.25) is 0 Å². The van der Waals surface area contributed by atoms with E-state index in [4.69, 9.17) is 4.74 Å². The van der Waals surface area contributed by atoms with E-state index in [1.54, 1.807) is 31.4 Å². The fraction of sp³-hybridized carbons (Fsp3) is 0.423. The standard InChI is InChI=1S/C26H31N3O4/c1-33-21-11-8-20(9-12-21)10-13-24(30)28-16-4-14-27(18-19-28)15-5-17-29-25(31)22-6-2-3-7-23(22)26(29)32/h2-3,6-9,11-12H,4-5,10,13-19H2,1H3. The summed E-state index contributed by atoms with van der Waals surface area (Å²) in [5.41, 5.74) is 2.14. The summed E-state index contributed by atoms with van der Waals surface area (Å²) in [6.45, 7) is 4.46. The predicted octanol–water partition coefficient (Wildman–Crippen LogP) is 2.85. The molecule has 0 unspecified atom stereocenters. The van der Waals surface area contributed by atoms with Crippen LogP contribution in [0.25, 0.3) is 0 Å². The number of benzene rings is 2. The molecule has 3 amide bonds. The Kier molecular flexibility index (Phi) is 7.40. The first kappa shape index (κ1) is 23.0. The number of rotatable bonds is 8. The predicted molar refractivity (Wildman–Crippen MR) is 125 cm³/mol. The van der Waals surface area contributed by atoms with Crippen LogP contribution in [0.3, 0.4) is 0 Å². The summed E-state index contributed by atoms with van der Waals surface area (Å²) >= 11 is 0. The second-order valence-electron chi connectivity index (χ2n) is 8.59. The van der Waals surface area contributed by atoms with Crippen molar-refractivity contribution in [3.05, 3.63) is 65.2 Å². The fourth-order valence-electron chi connectivity index (χ4n) is 4.54. The van der Waals surface area contributed by atoms with Gasteiger partial charge in [0, 0.05) is 32.6 Å². The van der Waals surface area contributed by atoms with Crippen molar-refractivity contribution in [2.45, 2.75) is 25.7 Å². The Morgan fingerprint density at radius 2 is 1.58 bits per heavy atom. The van der Waals surface area contributed by atoms with E-state index in [0.717, 1.165) is 56.8 Å². The second kappa shape index (κ2) is 10.6. The minimum absolute atomic E-state index is 0.193. The van der Waals surface area contributed by atoms with Gasteiger partial charge in [-0.2, -0.15) is 0 Å². The molecule has 33 heavy (non-hydrogen) atoms. The maximum absolute atomic E-state index is 12.7. The molecular formula is C26H31N3O4. The minimum Gasteiger partial charge on any atom is -0.497 e. The van der Waals surface area contributed by atoms with Gasteiger partial charge in [0.05, 0.1) is 18.2 Å². The Morgan fingerprint density at radius 1 is 0.879 bits per heavy atom. The van der Waals surface area contributed by atoms with Crippen LogP contribution in [0.15, 0.2) is 48.5 Å². The number of carbonyl (C=O) groups is 3. The van der Waals surface area contributed by atoms with Crippen LogP contribution < -0.4 is 4.74 Å². The van der Waals surface area contributed by atoms with Gasteiger partial charge in [0.25, 0.3) is 11.8 Å². The number of aryl methyl sites for hydroxylation is 1. The quantitative estimate of drug-likeness (QED) is 0.580. The van der Waals surface area contributed by atoms with E-state index in [0.29, 0.717) is 30.6 Å². The van der Waals surface area contributed by atoms with E-state index < -0.39 is 0 Å². The van der Waals surface area contributed by atoms with Gasteiger partial charge < -0.3 is 14.5 Å². The van der Waals surface area contributed by atoms with Crippen molar-refractivity contribution in [2.75, 3.05) is 46.4 Å². The van der Waals surface area contributed by atoms with Gasteiger partial charge in [-0.3, -0.25) is 19.3 Å². The summed E-state index contributed by atoms with van der Waals surface area (Å²) in [7, 11) is 1.64. The van der Waals surface area contributed by atoms with Gasteiger partial charge in [-0.25, -0.2) is 0 Å². The van der Waals surface area contributed by atoms with E-state index in [1.807, 2.05) is 29.2 Å². The second-order valence-corrected chi connectivity index (χ2v) is 8.59. The van der Waals surface area contributed by atoms with Gasteiger partial charge in [0.15, 0.2) is 0 Å². The average Bonchev–Trinajstić information content (AvgIpc) is 3.00. The molecule has 7 heteroatoms. The summed E-state index contributed by atoms with van der Waals surface area (Å²) in [6.07, 6.45) is 2.90. The number of hydrogen-bond acceptors (Lipinski definition) is 5. The smallest absolute Gasteiger partial charge is 0.261 e. The Balaban J connectivity index is 1.19. The number of nitrogens with zero attached hydrogens (tertiary/aromatic N) is 3. The molecule has 7 nitrogen and oxygen atoms in total. The van der Waals surface area contributed by atoms with Crippen molar-refractivity contribution < 1.29 is 19.1 Å². The van der Waals surface area contributed by atoms with Gasteiger partial charge in [0.1, 0.15) is 5.75 Å². The van der Waals surface area contributed by atoms with Crippen molar-refractivity contribution in [1.82, 2.24) is 14.7 Å². The summed E-state index contributed by atoms with van der Waals surface area (Å²) < 4.78 is 5.18. The van der Waals surface area contributed by atoms with E-state index >= 15 is 0 Å². The zero-order valence-corrected chi connectivity index (χ0v) is 19.2. The molecule has 2 aliphatic heterocycles. The monoisotopic (exact) mass is 449 g/mol. The molecule has 0 aliphatic carbocycles. The number of hydrogen-bond donors (Lipinski definition) is 0. The van der Waals surface area contributed by atoms with Crippen LogP contribution >= 0.6 is 0 Å². The number of imide groups is 1. The van der Waals surface area contributed by atoms with E-state index in [1.165, 1.54) is 4.90 Å². The molecule has 2 aromatic rings. The molecule has 0 atom stereocenters. The minimum atomic E-state index is -0.194. The lowest BCUT2D eigenvalue weighted by atomic mass is 10.1. The number of methoxy groups -OCH3 is 1. The van der Waals surface area contributed by atoms with Crippen LogP contribution in [-0.2, 0) is 11.2 Å². The first-order valence-electron chi connectivity index (χ1n) is 11.6. The summed E-state index contributed by atoms with van der Waals surface area (Å²) in [5, 5.41) is 0. The van der Waals surface area contributed by atoms with Gasteiger partial charge >= 0.3 is 0 Å². The highest BCUT2D eigenvalue weighted by Crippen LogP contribution is 2.22. The maximum atomic E-state index is 12.7. The summed E-state index contributed by atoms with van der Waals surface area (Å²) in [6, 6.07) is 14.9. The SMILES string of the molecule is COc1ccc(CCC(=O)N2CCCN(CCCN3C(=O)c4ccccc4C3=O)CC2)cc1. The molecule has 0 spiro atoms. The number of amides is 3. The lowest BCUT2D eigenvalue weighted by molar-refractivity contribution is -0.131. The van der Waals surface area contributed by atoms with Gasteiger partial charge in [-0.1, -0.05) is 24.3 Å². The van der Waals surface area contributed by atoms with Crippen LogP contribution in [0.4, 0.5) is 0 Å². The Bertz CT molecular complexity index is 970. The first-order valence-corrected chi connectivity index (χ1v) is 11.6. The first-order chi connectivity index (χ1) is 16.1. The van der Waals surface area contributed by atoms with E-state index in [9.17, 15) is 14.4 Å². The van der Waals surface area contributed by atoms with Crippen molar-refractivity contribution in [3.63, 3.8) is 0 Å². The lowest BCUT2D eigenvalue weighted by Gasteiger charge is -2.23. The van der Waals surface area contributed by atoms with E-state index in [-0.39, 0.29) is 17.7 Å². The molecule has 0 saturated carbocycles. The third kappa shape index (κ3) is 5.42. The van der Waals surface area contributed by atoms with Gasteiger partial charge in [0.2, 0.25) is 5.91 Å². The van der Waals surface area contributed by atoms with Crippen LogP contribution in [0.1, 0.15) is 45.5 Å². The van der Waals surface area contributed by atoms with Crippen LogP contribution in [-0.4, -0.2) is 78.8 Å². The van der Waals surface area contributed by atoms with Gasteiger partial charge in [-0.05, 0) is 62.2 Å². The Morgan fingerprint density at radius 3 is 2.24 bits per heavy atom. The van der Waals surface area contributed by atoms with Crippen molar-refractivity contribution in [1.29, 1.82) is 0 Å². The number of carbonyl (C=O) groups excluding carboxylic acids is 3. The average molecular weight is 450 g/mol. The largest absolute Gasteiger partial charge is 0.497 e. The number of fused-ring (bicyclic) bond motifs is 1. The molecular weight excluding hydrogens is 418 g/mol. The Hall–Kier alpha value is -3.19. The van der Waals surface area contributed by atoms with Crippen molar-refractivity contribution in [3.8, 4) is 5.75 Å². The lowest BCUT2D eigenvalue weighted by Crippen LogP contribution is -2.37. The molecule has 4 rings (SSSR count). The number of ether oxygens (including phenoxy) is 1. The third-order valence-electron chi connectivity index (χ3n) is 6.46. The highest BCUT2D eigenvalue weighted by molar-refractivity contribution is 6.21. The molecule has 1 saturated heterocycles. The molecule has 2 aromatic carbocycles. The molecule has 0 bridgehead atoms. The normalized spacial score (nSPS) is 16.6. The van der Waals surface area contributed by atoms with Gasteiger partial charge in [-0.15, -0.1) is 0 Å². The topological polar surface area (TPSA) is 70.2 Å². The van der Waals surface area contributed by atoms with Crippen LogP contribution in [0, 0.1) is 0 Å². The highest BCUT2D eigenvalue weighted by Gasteiger charge is 2.34. The molecule has 0 N–H and O–H groups in total. The van der Waals surface area contributed by atoms with Crippen molar-refractivity contribution in [2.24, 2.45) is 0 Å². The zero-order chi connectivity index (χ0) is 23.2. The third-order valence-corrected chi connectivity index (χ3v) is 6.46. The Labute approximate surface area is 194 Å². The van der Waals surface area contributed by atoms with E-state index in [2.05, 4.69) is 4.90 Å². The maximum Gasteiger partial charge on any atom is 0.261 e. The van der Waals surface area contributed by atoms with Crippen LogP contribution in [0.5, 0.6) is 5.75 Å². The molecule has 0 radical (unpaired) electrons. The molecule has 1 fully saturated rings.